The number of anilines is 1. The highest BCUT2D eigenvalue weighted by molar-refractivity contribution is 6.43. The predicted octanol–water partition coefficient (Wildman–Crippen LogP) is 3.11. The molecule has 0 bridgehead atoms. The van der Waals surface area contributed by atoms with Gasteiger partial charge >= 0.3 is 0 Å². The van der Waals surface area contributed by atoms with Crippen LogP contribution in [0.1, 0.15) is 12.5 Å². The summed E-state index contributed by atoms with van der Waals surface area (Å²) in [6, 6.07) is 7.99. The number of rotatable bonds is 2. The Bertz CT molecular complexity index is 681. The van der Waals surface area contributed by atoms with Crippen LogP contribution in [-0.4, -0.2) is 17.7 Å². The molecule has 0 aromatic heterocycles. The van der Waals surface area contributed by atoms with E-state index in [1.807, 2.05) is 66.5 Å². The van der Waals surface area contributed by atoms with Crippen LogP contribution in [-0.2, 0) is 9.63 Å². The van der Waals surface area contributed by atoms with E-state index < -0.39 is 0 Å². The van der Waals surface area contributed by atoms with E-state index in [4.69, 9.17) is 4.84 Å². The standard InChI is InChI=1S/C17H16N2O2/c1-12-8-10-14(11-9-12)19-15-6-4-3-5-7-16(15)21-18-17(19)13(2)20/h3-11,16H,1-2H3. The van der Waals surface area contributed by atoms with Crippen LogP contribution >= 0.6 is 0 Å². The van der Waals surface area contributed by atoms with Gasteiger partial charge in [-0.15, -0.1) is 0 Å². The van der Waals surface area contributed by atoms with Crippen LogP contribution < -0.4 is 4.90 Å². The van der Waals surface area contributed by atoms with E-state index in [0.29, 0.717) is 5.84 Å². The van der Waals surface area contributed by atoms with Gasteiger partial charge in [-0.3, -0.25) is 9.69 Å². The van der Waals surface area contributed by atoms with E-state index in [-0.39, 0.29) is 11.9 Å². The molecule has 1 aromatic carbocycles. The number of hydrogen-bond acceptors (Lipinski definition) is 4. The van der Waals surface area contributed by atoms with Crippen LogP contribution in [0.4, 0.5) is 5.69 Å². The Labute approximate surface area is 123 Å². The molecule has 1 aromatic rings. The molecule has 0 spiro atoms. The minimum absolute atomic E-state index is 0.132. The number of amidine groups is 1. The fourth-order valence-corrected chi connectivity index (χ4v) is 2.32. The van der Waals surface area contributed by atoms with Gasteiger partial charge in [0.2, 0.25) is 5.84 Å². The largest absolute Gasteiger partial charge is 0.380 e. The van der Waals surface area contributed by atoms with Crippen molar-refractivity contribution in [1.29, 1.82) is 0 Å². The summed E-state index contributed by atoms with van der Waals surface area (Å²) in [4.78, 5) is 19.2. The lowest BCUT2D eigenvalue weighted by molar-refractivity contribution is -0.111. The quantitative estimate of drug-likeness (QED) is 0.836. The number of fused-ring (bicyclic) bond motifs is 1. The molecule has 106 valence electrons. The molecule has 1 atom stereocenters. The summed E-state index contributed by atoms with van der Waals surface area (Å²) >= 11 is 0. The highest BCUT2D eigenvalue weighted by atomic mass is 16.6. The minimum atomic E-state index is -0.288. The number of nitrogens with zero attached hydrogens (tertiary/aromatic N) is 2. The number of hydrogen-bond donors (Lipinski definition) is 0. The van der Waals surface area contributed by atoms with Crippen molar-refractivity contribution in [2.45, 2.75) is 20.0 Å². The Kier molecular flexibility index (Phi) is 3.44. The first-order chi connectivity index (χ1) is 10.2. The Morgan fingerprint density at radius 1 is 1.19 bits per heavy atom. The van der Waals surface area contributed by atoms with Crippen molar-refractivity contribution in [2.24, 2.45) is 5.16 Å². The number of allylic oxidation sites excluding steroid dienone is 4. The summed E-state index contributed by atoms with van der Waals surface area (Å²) in [7, 11) is 0. The number of oxime groups is 1. The smallest absolute Gasteiger partial charge is 0.220 e. The van der Waals surface area contributed by atoms with Crippen LogP contribution in [0, 0.1) is 6.92 Å². The molecule has 2 aliphatic rings. The molecule has 1 aliphatic carbocycles. The normalized spacial score (nSPS) is 20.1. The van der Waals surface area contributed by atoms with Crippen LogP contribution in [0.25, 0.3) is 0 Å². The maximum Gasteiger partial charge on any atom is 0.220 e. The van der Waals surface area contributed by atoms with E-state index in [1.54, 1.807) is 0 Å². The lowest BCUT2D eigenvalue weighted by atomic mass is 10.1. The minimum Gasteiger partial charge on any atom is -0.380 e. The average molecular weight is 280 g/mol. The van der Waals surface area contributed by atoms with E-state index in [9.17, 15) is 4.79 Å². The molecule has 1 heterocycles. The third-order valence-electron chi connectivity index (χ3n) is 3.40. The summed E-state index contributed by atoms with van der Waals surface area (Å²) in [5, 5.41) is 4.01. The van der Waals surface area contributed by atoms with Crippen LogP contribution in [0.15, 0.2) is 65.5 Å². The Morgan fingerprint density at radius 2 is 1.95 bits per heavy atom. The molecular formula is C17H16N2O2. The van der Waals surface area contributed by atoms with Crippen LogP contribution in [0.3, 0.4) is 0 Å². The zero-order chi connectivity index (χ0) is 14.8. The number of benzene rings is 1. The first-order valence-electron chi connectivity index (χ1n) is 6.83. The van der Waals surface area contributed by atoms with E-state index in [1.165, 1.54) is 12.5 Å². The van der Waals surface area contributed by atoms with Gasteiger partial charge in [0.15, 0.2) is 11.9 Å². The monoisotopic (exact) mass is 280 g/mol. The van der Waals surface area contributed by atoms with Gasteiger partial charge in [0.25, 0.3) is 0 Å². The molecule has 0 fully saturated rings. The molecule has 21 heavy (non-hydrogen) atoms. The van der Waals surface area contributed by atoms with Gasteiger partial charge in [-0.2, -0.15) is 0 Å². The molecule has 0 radical (unpaired) electrons. The van der Waals surface area contributed by atoms with Gasteiger partial charge in [0.1, 0.15) is 0 Å². The fraction of sp³-hybridized carbons (Fsp3) is 0.176. The van der Waals surface area contributed by atoms with Crippen molar-refractivity contribution >= 4 is 17.3 Å². The second kappa shape index (κ2) is 5.40. The summed E-state index contributed by atoms with van der Waals surface area (Å²) in [6.07, 6.45) is 9.34. The average Bonchev–Trinajstić information content (AvgIpc) is 2.72. The molecule has 0 N–H and O–H groups in total. The van der Waals surface area contributed by atoms with Crippen molar-refractivity contribution < 1.29 is 9.63 Å². The Hall–Kier alpha value is -2.62. The predicted molar refractivity (Wildman–Crippen MR) is 83.0 cm³/mol. The summed E-state index contributed by atoms with van der Waals surface area (Å²) in [5.74, 6) is 0.164. The van der Waals surface area contributed by atoms with Gasteiger partial charge in [0, 0.05) is 12.6 Å². The fourth-order valence-electron chi connectivity index (χ4n) is 2.32. The van der Waals surface area contributed by atoms with E-state index in [2.05, 4.69) is 5.16 Å². The van der Waals surface area contributed by atoms with Crippen molar-refractivity contribution in [3.05, 3.63) is 65.9 Å². The van der Waals surface area contributed by atoms with E-state index >= 15 is 0 Å². The number of Topliss-reactive ketones (excluding diaryl/α,β-unsaturated/α-hetero) is 1. The number of aryl methyl sites for hydroxylation is 1. The van der Waals surface area contributed by atoms with Crippen LogP contribution in [0.2, 0.25) is 0 Å². The maximum absolute atomic E-state index is 11.9. The highest BCUT2D eigenvalue weighted by Gasteiger charge is 2.32. The van der Waals surface area contributed by atoms with Gasteiger partial charge in [0.05, 0.1) is 5.70 Å². The van der Waals surface area contributed by atoms with Gasteiger partial charge in [-0.1, -0.05) is 41.1 Å². The first-order valence-corrected chi connectivity index (χ1v) is 6.83. The lowest BCUT2D eigenvalue weighted by Crippen LogP contribution is -2.42. The third kappa shape index (κ3) is 2.52. The van der Waals surface area contributed by atoms with Crippen LogP contribution in [0.5, 0.6) is 0 Å². The molecule has 4 nitrogen and oxygen atoms in total. The second-order valence-corrected chi connectivity index (χ2v) is 5.03. The van der Waals surface area contributed by atoms with Crippen molar-refractivity contribution in [3.8, 4) is 0 Å². The Balaban J connectivity index is 2.12. The molecule has 4 heteroatoms. The molecule has 0 saturated carbocycles. The zero-order valence-corrected chi connectivity index (χ0v) is 12.0. The lowest BCUT2D eigenvalue weighted by Gasteiger charge is -2.33. The number of carbonyl (C=O) groups is 1. The van der Waals surface area contributed by atoms with Crippen molar-refractivity contribution in [3.63, 3.8) is 0 Å². The summed E-state index contributed by atoms with van der Waals surface area (Å²) in [6.45, 7) is 3.52. The molecule has 1 aliphatic heterocycles. The Morgan fingerprint density at radius 3 is 2.67 bits per heavy atom. The van der Waals surface area contributed by atoms with Crippen molar-refractivity contribution in [1.82, 2.24) is 0 Å². The molecule has 1 unspecified atom stereocenters. The molecule has 0 amide bonds. The SMILES string of the molecule is CC(=O)C1=NOC2C=CC=CC=C2N1c1ccc(C)cc1. The number of carbonyl (C=O) groups excluding carboxylic acids is 1. The topological polar surface area (TPSA) is 41.9 Å². The first kappa shape index (κ1) is 13.4. The molecular weight excluding hydrogens is 264 g/mol. The molecule has 0 saturated heterocycles. The number of ketones is 1. The molecule has 3 rings (SSSR count). The highest BCUT2D eigenvalue weighted by Crippen LogP contribution is 2.29. The second-order valence-electron chi connectivity index (χ2n) is 5.03. The maximum atomic E-state index is 11.9. The van der Waals surface area contributed by atoms with Crippen molar-refractivity contribution in [2.75, 3.05) is 4.90 Å². The van der Waals surface area contributed by atoms with E-state index in [0.717, 1.165) is 11.4 Å². The van der Waals surface area contributed by atoms with Gasteiger partial charge < -0.3 is 4.84 Å². The van der Waals surface area contributed by atoms with Gasteiger partial charge in [-0.25, -0.2) is 0 Å². The van der Waals surface area contributed by atoms with Gasteiger partial charge in [-0.05, 0) is 31.2 Å². The summed E-state index contributed by atoms with van der Waals surface area (Å²) < 4.78 is 0. The zero-order valence-electron chi connectivity index (χ0n) is 12.0. The summed E-state index contributed by atoms with van der Waals surface area (Å²) in [5.41, 5.74) is 2.95. The third-order valence-corrected chi connectivity index (χ3v) is 3.40.